The molecule has 0 saturated carbocycles. The second-order valence-corrected chi connectivity index (χ2v) is 8.90. The van der Waals surface area contributed by atoms with Crippen LogP contribution in [-0.2, 0) is 12.2 Å². The van der Waals surface area contributed by atoms with Crippen LogP contribution in [0, 0.1) is 0 Å². The van der Waals surface area contributed by atoms with Crippen LogP contribution in [0.25, 0.3) is 4.96 Å². The van der Waals surface area contributed by atoms with Crippen molar-refractivity contribution in [2.24, 2.45) is 5.73 Å². The molecule has 0 bridgehead atoms. The molecular weight excluding hydrogens is 421 g/mol. The number of rotatable bonds is 6. The van der Waals surface area contributed by atoms with E-state index in [1.54, 1.807) is 16.3 Å². The SMILES string of the molecule is NC(Cc1ccccc1)c1nnc2sc(SCc3c(Cl)cccc3Cl)nn12. The molecule has 0 saturated heterocycles. The van der Waals surface area contributed by atoms with Crippen molar-refractivity contribution in [2.75, 3.05) is 0 Å². The van der Waals surface area contributed by atoms with Crippen molar-refractivity contribution in [1.29, 1.82) is 0 Å². The van der Waals surface area contributed by atoms with E-state index in [-0.39, 0.29) is 6.04 Å². The maximum atomic E-state index is 6.35. The van der Waals surface area contributed by atoms with Crippen molar-refractivity contribution in [3.63, 3.8) is 0 Å². The normalized spacial score (nSPS) is 12.6. The van der Waals surface area contributed by atoms with E-state index in [0.717, 1.165) is 20.4 Å². The minimum absolute atomic E-state index is 0.277. The molecule has 2 heterocycles. The van der Waals surface area contributed by atoms with Gasteiger partial charge in [0.05, 0.1) is 6.04 Å². The quantitative estimate of drug-likeness (QED) is 0.430. The molecule has 4 aromatic rings. The fraction of sp³-hybridized carbons (Fsp3) is 0.167. The van der Waals surface area contributed by atoms with Gasteiger partial charge in [-0.2, -0.15) is 4.52 Å². The molecule has 0 amide bonds. The van der Waals surface area contributed by atoms with Gasteiger partial charge < -0.3 is 5.73 Å². The Labute approximate surface area is 174 Å². The Morgan fingerprint density at radius 2 is 1.78 bits per heavy atom. The molecule has 0 radical (unpaired) electrons. The minimum Gasteiger partial charge on any atom is -0.321 e. The fourth-order valence-corrected chi connectivity index (χ4v) is 5.29. The Kier molecular flexibility index (Phi) is 5.66. The molecule has 1 atom stereocenters. The first-order valence-corrected chi connectivity index (χ1v) is 10.7. The Morgan fingerprint density at radius 3 is 2.52 bits per heavy atom. The van der Waals surface area contributed by atoms with Crippen LogP contribution in [0.2, 0.25) is 10.0 Å². The summed E-state index contributed by atoms with van der Waals surface area (Å²) >= 11 is 15.5. The van der Waals surface area contributed by atoms with Crippen LogP contribution < -0.4 is 5.73 Å². The number of nitrogens with two attached hydrogens (primary N) is 1. The predicted octanol–water partition coefficient (Wildman–Crippen LogP) is 5.03. The number of benzene rings is 2. The van der Waals surface area contributed by atoms with Crippen LogP contribution in [0.4, 0.5) is 0 Å². The molecule has 4 rings (SSSR count). The molecule has 5 nitrogen and oxygen atoms in total. The van der Waals surface area contributed by atoms with E-state index >= 15 is 0 Å². The molecule has 0 aliphatic heterocycles. The van der Waals surface area contributed by atoms with Crippen molar-refractivity contribution in [3.05, 3.63) is 75.5 Å². The Balaban J connectivity index is 1.52. The molecule has 2 N–H and O–H groups in total. The first kappa shape index (κ1) is 18.7. The van der Waals surface area contributed by atoms with Gasteiger partial charge in [-0.15, -0.1) is 15.3 Å². The molecule has 0 fully saturated rings. The highest BCUT2D eigenvalue weighted by atomic mass is 35.5. The van der Waals surface area contributed by atoms with Crippen LogP contribution >= 0.6 is 46.3 Å². The molecule has 27 heavy (non-hydrogen) atoms. The van der Waals surface area contributed by atoms with E-state index in [4.69, 9.17) is 28.9 Å². The lowest BCUT2D eigenvalue weighted by atomic mass is 10.1. The lowest BCUT2D eigenvalue weighted by Gasteiger charge is -2.08. The summed E-state index contributed by atoms with van der Waals surface area (Å²) in [6, 6.07) is 15.3. The highest BCUT2D eigenvalue weighted by molar-refractivity contribution is 8.00. The fourth-order valence-electron chi connectivity index (χ4n) is 2.67. The van der Waals surface area contributed by atoms with Gasteiger partial charge in [0.1, 0.15) is 0 Å². The van der Waals surface area contributed by atoms with Crippen LogP contribution in [-0.4, -0.2) is 19.8 Å². The van der Waals surface area contributed by atoms with Gasteiger partial charge in [0.2, 0.25) is 4.96 Å². The predicted molar refractivity (Wildman–Crippen MR) is 112 cm³/mol. The largest absolute Gasteiger partial charge is 0.321 e. The van der Waals surface area contributed by atoms with E-state index < -0.39 is 0 Å². The third kappa shape index (κ3) is 4.12. The Morgan fingerprint density at radius 1 is 1.04 bits per heavy atom. The monoisotopic (exact) mass is 435 g/mol. The lowest BCUT2D eigenvalue weighted by molar-refractivity contribution is 0.635. The summed E-state index contributed by atoms with van der Waals surface area (Å²) in [5.41, 5.74) is 8.40. The second kappa shape index (κ2) is 8.16. The van der Waals surface area contributed by atoms with Crippen molar-refractivity contribution >= 4 is 51.3 Å². The number of aromatic nitrogens is 4. The van der Waals surface area contributed by atoms with Gasteiger partial charge in [-0.3, -0.25) is 0 Å². The van der Waals surface area contributed by atoms with E-state index in [1.165, 1.54) is 11.3 Å². The summed E-state index contributed by atoms with van der Waals surface area (Å²) < 4.78 is 2.60. The van der Waals surface area contributed by atoms with Crippen molar-refractivity contribution in [2.45, 2.75) is 22.6 Å². The molecular formula is C18H15Cl2N5S2. The minimum atomic E-state index is -0.277. The molecule has 2 aromatic carbocycles. The van der Waals surface area contributed by atoms with Crippen LogP contribution in [0.5, 0.6) is 0 Å². The first-order valence-electron chi connectivity index (χ1n) is 8.19. The topological polar surface area (TPSA) is 69.1 Å². The summed E-state index contributed by atoms with van der Waals surface area (Å²) in [4.78, 5) is 0.723. The zero-order valence-corrected chi connectivity index (χ0v) is 17.2. The van der Waals surface area contributed by atoms with Crippen molar-refractivity contribution < 1.29 is 0 Å². The molecule has 0 spiro atoms. The van der Waals surface area contributed by atoms with E-state index in [1.807, 2.05) is 48.5 Å². The van der Waals surface area contributed by atoms with Crippen LogP contribution in [0.1, 0.15) is 23.0 Å². The molecule has 2 aromatic heterocycles. The van der Waals surface area contributed by atoms with Crippen molar-refractivity contribution in [3.8, 4) is 0 Å². The maximum Gasteiger partial charge on any atom is 0.235 e. The van der Waals surface area contributed by atoms with Crippen LogP contribution in [0.15, 0.2) is 52.9 Å². The molecule has 138 valence electrons. The number of thioether (sulfide) groups is 1. The summed E-state index contributed by atoms with van der Waals surface area (Å²) in [7, 11) is 0. The van der Waals surface area contributed by atoms with Gasteiger partial charge >= 0.3 is 0 Å². The summed E-state index contributed by atoms with van der Waals surface area (Å²) in [6.45, 7) is 0. The first-order chi connectivity index (χ1) is 13.1. The Hall–Kier alpha value is -1.64. The number of fused-ring (bicyclic) bond motifs is 1. The summed E-state index contributed by atoms with van der Waals surface area (Å²) in [6.07, 6.45) is 0.677. The van der Waals surface area contributed by atoms with E-state index in [9.17, 15) is 0 Å². The highest BCUT2D eigenvalue weighted by Gasteiger charge is 2.18. The maximum absolute atomic E-state index is 6.35. The summed E-state index contributed by atoms with van der Waals surface area (Å²) in [5.74, 6) is 1.29. The third-order valence-corrected chi connectivity index (χ3v) is 6.80. The van der Waals surface area contributed by atoms with Crippen LogP contribution in [0.3, 0.4) is 0 Å². The number of nitrogens with zero attached hydrogens (tertiary/aromatic N) is 4. The van der Waals surface area contributed by atoms with E-state index in [0.29, 0.717) is 28.0 Å². The second-order valence-electron chi connectivity index (χ2n) is 5.91. The molecule has 9 heteroatoms. The van der Waals surface area contributed by atoms with Gasteiger partial charge in [0, 0.05) is 15.8 Å². The molecule has 0 aliphatic rings. The third-order valence-electron chi connectivity index (χ3n) is 4.03. The van der Waals surface area contributed by atoms with Gasteiger partial charge in [-0.1, -0.05) is 82.7 Å². The van der Waals surface area contributed by atoms with Crippen molar-refractivity contribution in [1.82, 2.24) is 19.8 Å². The summed E-state index contributed by atoms with van der Waals surface area (Å²) in [5, 5.41) is 14.4. The zero-order valence-electron chi connectivity index (χ0n) is 14.0. The zero-order chi connectivity index (χ0) is 18.8. The number of hydrogen-bond acceptors (Lipinski definition) is 6. The van der Waals surface area contributed by atoms with E-state index in [2.05, 4.69) is 15.3 Å². The molecule has 0 aliphatic carbocycles. The highest BCUT2D eigenvalue weighted by Crippen LogP contribution is 2.33. The Bertz CT molecular complexity index is 1040. The van der Waals surface area contributed by atoms with Gasteiger partial charge in [0.15, 0.2) is 10.2 Å². The number of halogens is 2. The number of hydrogen-bond donors (Lipinski definition) is 1. The lowest BCUT2D eigenvalue weighted by Crippen LogP contribution is -2.17. The average molecular weight is 436 g/mol. The average Bonchev–Trinajstić information content (AvgIpc) is 3.22. The molecule has 1 unspecified atom stereocenters. The van der Waals surface area contributed by atoms with Gasteiger partial charge in [-0.25, -0.2) is 0 Å². The standard InChI is InChI=1S/C18H15Cl2N5S2/c19-13-7-4-8-14(20)12(13)10-26-18-24-25-16(22-23-17(25)27-18)15(21)9-11-5-2-1-3-6-11/h1-8,15H,9-10,21H2. The smallest absolute Gasteiger partial charge is 0.235 e. The van der Waals surface area contributed by atoms with Gasteiger partial charge in [0.25, 0.3) is 0 Å². The van der Waals surface area contributed by atoms with Gasteiger partial charge in [-0.05, 0) is 29.7 Å².